The fraction of sp³-hybridized carbons (Fsp3) is 0.619. The van der Waals surface area contributed by atoms with E-state index in [1.165, 1.54) is 0 Å². The number of nitrogens with zero attached hydrogens (tertiary/aromatic N) is 3. The summed E-state index contributed by atoms with van der Waals surface area (Å²) in [5.74, 6) is 1.79. The normalized spacial score (nSPS) is 15.3. The van der Waals surface area contributed by atoms with E-state index in [2.05, 4.69) is 39.6 Å². The van der Waals surface area contributed by atoms with Gasteiger partial charge in [0.05, 0.1) is 6.61 Å². The second-order valence-corrected chi connectivity index (χ2v) is 7.15. The highest BCUT2D eigenvalue weighted by molar-refractivity contribution is 5.79. The molecule has 0 saturated carbocycles. The number of rotatable bonds is 9. The number of methoxy groups -OCH3 is 1. The molecule has 8 heteroatoms. The van der Waals surface area contributed by atoms with Crippen molar-refractivity contribution in [2.24, 2.45) is 4.99 Å². The first-order valence-electron chi connectivity index (χ1n) is 10.2. The zero-order chi connectivity index (χ0) is 21.1. The highest BCUT2D eigenvalue weighted by Crippen LogP contribution is 2.20. The SMILES string of the molecule is CN=C(NCCN1CCN(C(C)=O)CC1)NCc1ccc(C)cc1OCCOC. The molecule has 0 unspecified atom stereocenters. The fourth-order valence-electron chi connectivity index (χ4n) is 3.20. The van der Waals surface area contributed by atoms with E-state index in [9.17, 15) is 4.79 Å². The van der Waals surface area contributed by atoms with Crippen molar-refractivity contribution < 1.29 is 14.3 Å². The number of hydrogen-bond donors (Lipinski definition) is 2. The van der Waals surface area contributed by atoms with Gasteiger partial charge in [-0.25, -0.2) is 0 Å². The number of guanidine groups is 1. The molecule has 1 heterocycles. The monoisotopic (exact) mass is 405 g/mol. The van der Waals surface area contributed by atoms with Crippen molar-refractivity contribution in [1.29, 1.82) is 0 Å². The minimum atomic E-state index is 0.161. The van der Waals surface area contributed by atoms with Gasteiger partial charge in [-0.2, -0.15) is 0 Å². The van der Waals surface area contributed by atoms with Crippen molar-refractivity contribution in [3.05, 3.63) is 29.3 Å². The minimum absolute atomic E-state index is 0.161. The lowest BCUT2D eigenvalue weighted by molar-refractivity contribution is -0.130. The molecule has 8 nitrogen and oxygen atoms in total. The van der Waals surface area contributed by atoms with Crippen LogP contribution in [0.5, 0.6) is 5.75 Å². The van der Waals surface area contributed by atoms with Crippen LogP contribution in [0.1, 0.15) is 18.1 Å². The first-order chi connectivity index (χ1) is 14.0. The highest BCUT2D eigenvalue weighted by Gasteiger charge is 2.18. The molecule has 0 atom stereocenters. The van der Waals surface area contributed by atoms with Gasteiger partial charge in [-0.05, 0) is 18.6 Å². The highest BCUT2D eigenvalue weighted by atomic mass is 16.5. The summed E-state index contributed by atoms with van der Waals surface area (Å²) in [5.41, 5.74) is 2.24. The van der Waals surface area contributed by atoms with Gasteiger partial charge < -0.3 is 25.0 Å². The van der Waals surface area contributed by atoms with E-state index in [1.54, 1.807) is 21.1 Å². The van der Waals surface area contributed by atoms with Gasteiger partial charge in [-0.15, -0.1) is 0 Å². The zero-order valence-electron chi connectivity index (χ0n) is 18.2. The number of nitrogens with one attached hydrogen (secondary N) is 2. The number of aliphatic imine (C=N–C) groups is 1. The second-order valence-electron chi connectivity index (χ2n) is 7.15. The van der Waals surface area contributed by atoms with Gasteiger partial charge in [0.25, 0.3) is 0 Å². The molecule has 0 aliphatic carbocycles. The number of benzene rings is 1. The number of amides is 1. The maximum atomic E-state index is 11.4. The Morgan fingerprint density at radius 3 is 2.59 bits per heavy atom. The molecule has 1 aliphatic rings. The Bertz CT molecular complexity index is 672. The predicted octanol–water partition coefficient (Wildman–Crippen LogP) is 0.849. The molecule has 2 rings (SSSR count). The summed E-state index contributed by atoms with van der Waals surface area (Å²) >= 11 is 0. The Morgan fingerprint density at radius 2 is 1.93 bits per heavy atom. The molecule has 1 aromatic rings. The van der Waals surface area contributed by atoms with Crippen molar-refractivity contribution in [1.82, 2.24) is 20.4 Å². The lowest BCUT2D eigenvalue weighted by Gasteiger charge is -2.34. The third-order valence-electron chi connectivity index (χ3n) is 4.98. The van der Waals surface area contributed by atoms with Crippen LogP contribution in [0.4, 0.5) is 0 Å². The molecule has 0 radical (unpaired) electrons. The van der Waals surface area contributed by atoms with Crippen LogP contribution in [0.3, 0.4) is 0 Å². The summed E-state index contributed by atoms with van der Waals surface area (Å²) in [7, 11) is 3.44. The molecular formula is C21H35N5O3. The van der Waals surface area contributed by atoms with Crippen LogP contribution in [-0.4, -0.2) is 88.3 Å². The number of hydrogen-bond acceptors (Lipinski definition) is 5. The Morgan fingerprint density at radius 1 is 1.17 bits per heavy atom. The van der Waals surface area contributed by atoms with Gasteiger partial charge in [0.15, 0.2) is 5.96 Å². The third kappa shape index (κ3) is 7.91. The standard InChI is InChI=1S/C21H35N5O3/c1-17-5-6-19(20(15-17)29-14-13-28-4)16-24-21(22-3)23-7-8-25-9-11-26(12-10-25)18(2)27/h5-6,15H,7-14,16H2,1-4H3,(H2,22,23,24). The van der Waals surface area contributed by atoms with Crippen LogP contribution in [0, 0.1) is 6.92 Å². The quantitative estimate of drug-likeness (QED) is 0.360. The van der Waals surface area contributed by atoms with E-state index in [0.29, 0.717) is 19.8 Å². The number of piperazine rings is 1. The summed E-state index contributed by atoms with van der Waals surface area (Å²) in [6.07, 6.45) is 0. The first-order valence-corrected chi connectivity index (χ1v) is 10.2. The van der Waals surface area contributed by atoms with Gasteiger partial charge in [-0.3, -0.25) is 14.7 Å². The number of aryl methyl sites for hydroxylation is 1. The summed E-state index contributed by atoms with van der Waals surface area (Å²) in [6.45, 7) is 10.6. The van der Waals surface area contributed by atoms with Crippen LogP contribution >= 0.6 is 0 Å². The topological polar surface area (TPSA) is 78.4 Å². The number of ether oxygens (including phenoxy) is 2. The van der Waals surface area contributed by atoms with E-state index >= 15 is 0 Å². The largest absolute Gasteiger partial charge is 0.491 e. The van der Waals surface area contributed by atoms with Crippen LogP contribution in [0.25, 0.3) is 0 Å². The molecule has 1 fully saturated rings. The zero-order valence-corrected chi connectivity index (χ0v) is 18.2. The van der Waals surface area contributed by atoms with Crippen LogP contribution in [0.2, 0.25) is 0 Å². The van der Waals surface area contributed by atoms with E-state index in [0.717, 1.165) is 62.1 Å². The number of carbonyl (C=O) groups is 1. The van der Waals surface area contributed by atoms with E-state index in [-0.39, 0.29) is 5.91 Å². The molecule has 2 N–H and O–H groups in total. The Hall–Kier alpha value is -2.32. The molecule has 162 valence electrons. The van der Waals surface area contributed by atoms with Gasteiger partial charge in [0.2, 0.25) is 5.91 Å². The Kier molecular flexibility index (Phi) is 9.73. The summed E-state index contributed by atoms with van der Waals surface area (Å²) < 4.78 is 10.9. The molecule has 0 bridgehead atoms. The fourth-order valence-corrected chi connectivity index (χ4v) is 3.20. The summed E-state index contributed by atoms with van der Waals surface area (Å²) in [5, 5.41) is 6.71. The average molecular weight is 406 g/mol. The molecule has 29 heavy (non-hydrogen) atoms. The third-order valence-corrected chi connectivity index (χ3v) is 4.98. The van der Waals surface area contributed by atoms with Crippen molar-refractivity contribution in [2.45, 2.75) is 20.4 Å². The molecule has 0 spiro atoms. The molecular weight excluding hydrogens is 370 g/mol. The maximum Gasteiger partial charge on any atom is 0.219 e. The van der Waals surface area contributed by atoms with Crippen molar-refractivity contribution in [3.8, 4) is 5.75 Å². The second kappa shape index (κ2) is 12.3. The lowest BCUT2D eigenvalue weighted by Crippen LogP contribution is -2.50. The van der Waals surface area contributed by atoms with Crippen LogP contribution < -0.4 is 15.4 Å². The van der Waals surface area contributed by atoms with E-state index in [1.807, 2.05) is 11.0 Å². The molecule has 0 aromatic heterocycles. The van der Waals surface area contributed by atoms with Gasteiger partial charge in [0, 0.05) is 72.5 Å². The van der Waals surface area contributed by atoms with Gasteiger partial charge in [0.1, 0.15) is 12.4 Å². The molecule has 1 aromatic carbocycles. The number of carbonyl (C=O) groups excluding carboxylic acids is 1. The maximum absolute atomic E-state index is 11.4. The Labute approximate surface area is 174 Å². The van der Waals surface area contributed by atoms with Gasteiger partial charge >= 0.3 is 0 Å². The first kappa shape index (κ1) is 23.0. The molecule has 1 saturated heterocycles. The van der Waals surface area contributed by atoms with Crippen molar-refractivity contribution in [2.75, 3.05) is 66.6 Å². The van der Waals surface area contributed by atoms with Crippen molar-refractivity contribution in [3.63, 3.8) is 0 Å². The minimum Gasteiger partial charge on any atom is -0.491 e. The smallest absolute Gasteiger partial charge is 0.219 e. The van der Waals surface area contributed by atoms with E-state index in [4.69, 9.17) is 9.47 Å². The summed E-state index contributed by atoms with van der Waals surface area (Å²) in [6, 6.07) is 6.20. The van der Waals surface area contributed by atoms with Crippen LogP contribution in [0.15, 0.2) is 23.2 Å². The molecule has 1 aliphatic heterocycles. The van der Waals surface area contributed by atoms with Gasteiger partial charge in [-0.1, -0.05) is 12.1 Å². The summed E-state index contributed by atoms with van der Waals surface area (Å²) in [4.78, 5) is 20.0. The average Bonchev–Trinajstić information content (AvgIpc) is 2.72. The lowest BCUT2D eigenvalue weighted by atomic mass is 10.1. The molecule has 1 amide bonds. The predicted molar refractivity (Wildman–Crippen MR) is 115 cm³/mol. The Balaban J connectivity index is 1.76. The van der Waals surface area contributed by atoms with E-state index < -0.39 is 0 Å². The van der Waals surface area contributed by atoms with Crippen LogP contribution in [-0.2, 0) is 16.1 Å². The van der Waals surface area contributed by atoms with Crippen molar-refractivity contribution >= 4 is 11.9 Å².